The minimum Gasteiger partial charge on any atom is -0.382 e. The fourth-order valence-electron chi connectivity index (χ4n) is 14.1. The highest BCUT2D eigenvalue weighted by atomic mass is 19.4. The summed E-state index contributed by atoms with van der Waals surface area (Å²) in [5.74, 6) is 1.67. The van der Waals surface area contributed by atoms with Gasteiger partial charge in [0.15, 0.2) is 34.4 Å². The Hall–Kier alpha value is -13.4. The maximum absolute atomic E-state index is 13.0. The van der Waals surface area contributed by atoms with E-state index in [2.05, 4.69) is 70.1 Å². The average Bonchev–Trinajstić information content (AvgIpc) is 1.62. The summed E-state index contributed by atoms with van der Waals surface area (Å²) < 4.78 is 122. The van der Waals surface area contributed by atoms with Gasteiger partial charge in [-0.15, -0.1) is 0 Å². The number of hydrogen-bond donors (Lipinski definition) is 10. The third-order valence-corrected chi connectivity index (χ3v) is 21.0. The number of carbonyl (C=O) groups excluding carboxylic acids is 5. The Morgan fingerprint density at radius 1 is 0.405 bits per heavy atom. The molecule has 0 unspecified atom stereocenters. The van der Waals surface area contributed by atoms with Crippen LogP contribution in [0, 0.1) is 0 Å². The zero-order chi connectivity index (χ0) is 85.8. The lowest BCUT2D eigenvalue weighted by atomic mass is 10.0. The Kier molecular flexibility index (Phi) is 24.5. The molecule has 36 heteroatoms. The van der Waals surface area contributed by atoms with E-state index in [1.807, 2.05) is 41.1 Å². The van der Waals surface area contributed by atoms with Crippen molar-refractivity contribution in [2.75, 3.05) is 103 Å². The lowest BCUT2D eigenvalue weighted by Gasteiger charge is -2.32. The predicted octanol–water partition coefficient (Wildman–Crippen LogP) is 16.7. The molecule has 6 aromatic heterocycles. The van der Waals surface area contributed by atoms with Crippen LogP contribution in [0.1, 0.15) is 109 Å². The van der Waals surface area contributed by atoms with E-state index in [0.29, 0.717) is 75.1 Å². The zero-order valence-corrected chi connectivity index (χ0v) is 66.0. The number of likely N-dealkylation sites (N-methyl/N-ethyl adjacent to an activating group) is 1. The number of nitrogens with one attached hydrogen (secondary N) is 6. The number of benzene rings is 6. The van der Waals surface area contributed by atoms with Crippen LogP contribution < -0.4 is 54.8 Å². The van der Waals surface area contributed by atoms with Crippen LogP contribution in [0.4, 0.5) is 105 Å². The fourth-order valence-corrected chi connectivity index (χ4v) is 14.1. The standard InChI is InChI=1S/C31H35F3N8O.C28H28F3N7O2.C26H24F3N7O2/c1-40-14-16-41(17-15-40)12-3-13-42-29-27(28(35)39-42)25(19-26(38-29)21-6-7-21)20-8-10-23(11-9-20)36-30(43)37-24-5-2-4-22(18-24)31(32,33)34;1-37(2)23(39)12-13-38-26-24(25(32)36-38)21(15-22(35-26)17-6-7-17)16-8-10-19(11-9-16)33-27(40)34-20-5-3-4-18(14-20)28(29,30)31;27-26(28,29)16-2-1-3-18(12-16)33-25(38)32-17-8-6-14(7-9-17)19-13-20(15-4-5-15)34-24-22(19)23(31)35-36(24)11-10-21(30)37/h2,4-5,8-11,18-19,21H,3,6-7,12-17H2,1H3,(H2,35,39)(H2,36,37,43);3-5,8-11,14-15,17H,6-7,12-13H2,1-2H3,(H2,32,36)(H2,33,34,40);1-3,6-9,12-13,15H,4-5,10-11H2,(H2,30,37)(H2,31,35)(H2,32,33,38). The zero-order valence-electron chi connectivity index (χ0n) is 66.0. The number of nitrogens with zero attached hydrogens (tertiary/aromatic N) is 12. The number of rotatable bonds is 22. The van der Waals surface area contributed by atoms with Gasteiger partial charge in [0.1, 0.15) is 0 Å². The largest absolute Gasteiger partial charge is 0.416 e. The third kappa shape index (κ3) is 21.0. The van der Waals surface area contributed by atoms with Crippen molar-refractivity contribution in [2.24, 2.45) is 5.73 Å². The summed E-state index contributed by atoms with van der Waals surface area (Å²) in [6.07, 6.45) is -5.83. The highest BCUT2D eigenvalue weighted by molar-refractivity contribution is 6.05. The maximum atomic E-state index is 13.0. The molecule has 0 radical (unpaired) electrons. The first-order valence-corrected chi connectivity index (χ1v) is 39.2. The van der Waals surface area contributed by atoms with E-state index in [1.54, 1.807) is 72.0 Å². The molecule has 0 bridgehead atoms. The van der Waals surface area contributed by atoms with E-state index in [-0.39, 0.29) is 48.2 Å². The number of alkyl halides is 9. The van der Waals surface area contributed by atoms with Gasteiger partial charge in [0.25, 0.3) is 0 Å². The first-order valence-electron chi connectivity index (χ1n) is 39.2. The predicted molar refractivity (Wildman–Crippen MR) is 446 cm³/mol. The Morgan fingerprint density at radius 2 is 0.711 bits per heavy atom. The van der Waals surface area contributed by atoms with Crippen molar-refractivity contribution in [2.45, 2.75) is 114 Å². The molecular weight excluding hydrogens is 1580 g/mol. The molecule has 14 N–H and O–H groups in total. The van der Waals surface area contributed by atoms with E-state index in [0.717, 1.165) is 182 Å². The molecule has 1 aliphatic heterocycles. The molecule has 12 aromatic rings. The van der Waals surface area contributed by atoms with Gasteiger partial charge in [-0.25, -0.2) is 43.4 Å². The van der Waals surface area contributed by atoms with Gasteiger partial charge in [-0.3, -0.25) is 9.59 Å². The van der Waals surface area contributed by atoms with Crippen LogP contribution >= 0.6 is 0 Å². The molecule has 4 fully saturated rings. The minimum absolute atomic E-state index is 0.0181. The SMILES string of the molecule is CN(C)C(=O)CCn1nc(N)c2c(-c3ccc(NC(=O)Nc4cccc(C(F)(F)F)c4)cc3)cc(C3CC3)nc21.CN1CCN(CCCn2nc(N)c3c(-c4ccc(NC(=O)Nc5cccc(C(F)(F)F)c5)cc4)cc(C4CC4)nc32)CC1.NC(=O)CCn1nc(N)c2c(-c3ccc(NC(=O)Nc4cccc(C(F)(F)F)c4)cc3)cc(C3CC3)nc21. The second-order valence-corrected chi connectivity index (χ2v) is 30.5. The van der Waals surface area contributed by atoms with Crippen molar-refractivity contribution in [3.8, 4) is 33.4 Å². The molecule has 3 aliphatic carbocycles. The molecular formula is C85H87F9N22O5. The molecule has 1 saturated heterocycles. The number of nitrogens with two attached hydrogens (primary N) is 4. The summed E-state index contributed by atoms with van der Waals surface area (Å²) in [4.78, 5) is 81.8. The first-order chi connectivity index (χ1) is 57.7. The number of urea groups is 3. The Labute approximate surface area is 687 Å². The van der Waals surface area contributed by atoms with E-state index in [4.69, 9.17) is 37.9 Å². The van der Waals surface area contributed by atoms with Crippen molar-refractivity contribution < 1.29 is 63.5 Å². The van der Waals surface area contributed by atoms with Crippen molar-refractivity contribution in [1.82, 2.24) is 59.0 Å². The molecule has 4 aliphatic rings. The van der Waals surface area contributed by atoms with Gasteiger partial charge in [0, 0.05) is 135 Å². The van der Waals surface area contributed by atoms with Crippen molar-refractivity contribution in [3.05, 3.63) is 198 Å². The van der Waals surface area contributed by atoms with Crippen LogP contribution in [-0.4, -0.2) is 143 Å². The van der Waals surface area contributed by atoms with Crippen LogP contribution in [0.3, 0.4) is 0 Å². The second kappa shape index (κ2) is 35.3. The van der Waals surface area contributed by atoms with Crippen molar-refractivity contribution >= 4 is 115 Å². The number of anilines is 9. The molecule has 16 rings (SSSR count). The highest BCUT2D eigenvalue weighted by Crippen LogP contribution is 2.47. The lowest BCUT2D eigenvalue weighted by molar-refractivity contribution is -0.138. The molecule has 6 aromatic carbocycles. The Morgan fingerprint density at radius 3 is 1.01 bits per heavy atom. The molecule has 7 heterocycles. The van der Waals surface area contributed by atoms with E-state index in [1.165, 1.54) is 41.3 Å². The van der Waals surface area contributed by atoms with Crippen LogP contribution in [-0.2, 0) is 47.8 Å². The van der Waals surface area contributed by atoms with Gasteiger partial charge in [-0.1, -0.05) is 54.6 Å². The number of carbonyl (C=O) groups is 5. The van der Waals surface area contributed by atoms with Gasteiger partial charge < -0.3 is 69.5 Å². The monoisotopic (exact) mass is 1670 g/mol. The van der Waals surface area contributed by atoms with Crippen molar-refractivity contribution in [1.29, 1.82) is 0 Å². The number of amides is 8. The molecule has 121 heavy (non-hydrogen) atoms. The summed E-state index contributed by atoms with van der Waals surface area (Å²) in [5.41, 5.74) is 33.3. The quantitative estimate of drug-likeness (QED) is 0.0282. The smallest absolute Gasteiger partial charge is 0.382 e. The summed E-state index contributed by atoms with van der Waals surface area (Å²) in [6.45, 7) is 6.65. The van der Waals surface area contributed by atoms with E-state index >= 15 is 0 Å². The fraction of sp³-hybridized carbons (Fsp3) is 0.306. The Bertz CT molecular complexity index is 5830. The average molecular weight is 1670 g/mol. The molecule has 630 valence electrons. The maximum Gasteiger partial charge on any atom is 0.416 e. The number of halogens is 9. The summed E-state index contributed by atoms with van der Waals surface area (Å²) >= 11 is 0. The summed E-state index contributed by atoms with van der Waals surface area (Å²) in [5, 5.41) is 30.9. The van der Waals surface area contributed by atoms with Crippen molar-refractivity contribution in [3.63, 3.8) is 0 Å². The number of aryl methyl sites for hydroxylation is 3. The summed E-state index contributed by atoms with van der Waals surface area (Å²) in [6, 6.07) is 38.6. The van der Waals surface area contributed by atoms with Gasteiger partial charge in [-0.2, -0.15) is 54.8 Å². The molecule has 0 atom stereocenters. The van der Waals surface area contributed by atoms with Gasteiger partial charge >= 0.3 is 36.6 Å². The minimum atomic E-state index is -4.51. The Balaban J connectivity index is 0.000000149. The number of piperazine rings is 1. The van der Waals surface area contributed by atoms with Crippen LogP contribution in [0.2, 0.25) is 0 Å². The van der Waals surface area contributed by atoms with E-state index in [9.17, 15) is 63.5 Å². The molecule has 0 spiro atoms. The van der Waals surface area contributed by atoms with Crippen LogP contribution in [0.5, 0.6) is 0 Å². The number of aromatic nitrogens is 9. The summed E-state index contributed by atoms with van der Waals surface area (Å²) in [7, 11) is 5.56. The number of nitrogen functional groups attached to an aromatic ring is 3. The number of hydrogen-bond acceptors (Lipinski definition) is 16. The topological polar surface area (TPSA) is 363 Å². The van der Waals surface area contributed by atoms with Gasteiger partial charge in [0.2, 0.25) is 11.8 Å². The van der Waals surface area contributed by atoms with Crippen LogP contribution in [0.25, 0.3) is 66.5 Å². The second-order valence-electron chi connectivity index (χ2n) is 30.5. The normalized spacial score (nSPS) is 14.5. The molecule has 3 saturated carbocycles. The van der Waals surface area contributed by atoms with Gasteiger partial charge in [0.05, 0.1) is 45.9 Å². The van der Waals surface area contributed by atoms with Gasteiger partial charge in [-0.05, 0) is 195 Å². The molecule has 8 amide bonds. The van der Waals surface area contributed by atoms with Crippen LogP contribution in [0.15, 0.2) is 164 Å². The third-order valence-electron chi connectivity index (χ3n) is 21.0. The molecule has 27 nitrogen and oxygen atoms in total. The highest BCUT2D eigenvalue weighted by Gasteiger charge is 2.35. The first kappa shape index (κ1) is 84.1. The van der Waals surface area contributed by atoms with E-state index < -0.39 is 59.2 Å². The number of primary amides is 1. The lowest BCUT2D eigenvalue weighted by Crippen LogP contribution is -2.44. The number of pyridine rings is 3. The number of fused-ring (bicyclic) bond motifs is 3.